The molecule has 5 nitrogen and oxygen atoms in total. The lowest BCUT2D eigenvalue weighted by Gasteiger charge is -2.42. The Kier molecular flexibility index (Phi) is 5.13. The molecule has 0 aliphatic carbocycles. The van der Waals surface area contributed by atoms with Gasteiger partial charge in [0.25, 0.3) is 5.56 Å². The number of hydrogen-bond acceptors (Lipinski definition) is 4. The lowest BCUT2D eigenvalue weighted by molar-refractivity contribution is -0.123. The van der Waals surface area contributed by atoms with Crippen molar-refractivity contribution in [1.82, 2.24) is 4.57 Å². The van der Waals surface area contributed by atoms with E-state index < -0.39 is 12.2 Å². The molecule has 3 aromatic rings. The summed E-state index contributed by atoms with van der Waals surface area (Å²) in [6.07, 6.45) is 2.44. The Morgan fingerprint density at radius 3 is 2.31 bits per heavy atom. The summed E-state index contributed by atoms with van der Waals surface area (Å²) in [4.78, 5) is 24.2. The van der Waals surface area contributed by atoms with Gasteiger partial charge in [-0.15, -0.1) is 0 Å². The average Bonchev–Trinajstić information content (AvgIpc) is 2.70. The summed E-state index contributed by atoms with van der Waals surface area (Å²) in [5.74, 6) is -0.657. The molecule has 0 amide bonds. The second kappa shape index (κ2) is 7.73. The molecule has 1 aromatic heterocycles. The lowest BCUT2D eigenvalue weighted by Crippen LogP contribution is -2.42. The first-order chi connectivity index (χ1) is 14.0. The van der Waals surface area contributed by atoms with Gasteiger partial charge in [-0.05, 0) is 34.9 Å². The standard InChI is InChI=1S/C23H20FNO4/c24-20-7-5-18(6-8-20)23(10-12-29-23)19-9-11-25(22(28)13-19)14-16-1-3-17(4-2-16)21(27)15-26/h1-9,11,13,26H,10,12,14-15H2. The second-order valence-corrected chi connectivity index (χ2v) is 7.09. The summed E-state index contributed by atoms with van der Waals surface area (Å²) in [6, 6.07) is 16.4. The zero-order chi connectivity index (χ0) is 20.4. The average molecular weight is 393 g/mol. The molecule has 6 heteroatoms. The summed E-state index contributed by atoms with van der Waals surface area (Å²) < 4.78 is 20.7. The molecule has 29 heavy (non-hydrogen) atoms. The number of Topliss-reactive ketones (excluding diaryl/α,β-unsaturated/α-hetero) is 1. The van der Waals surface area contributed by atoms with Crippen LogP contribution in [-0.4, -0.2) is 28.7 Å². The van der Waals surface area contributed by atoms with E-state index >= 15 is 0 Å². The smallest absolute Gasteiger partial charge is 0.251 e. The normalized spacial score (nSPS) is 18.3. The van der Waals surface area contributed by atoms with Crippen LogP contribution in [0.4, 0.5) is 4.39 Å². The first-order valence-corrected chi connectivity index (χ1v) is 9.36. The Morgan fingerprint density at radius 2 is 1.76 bits per heavy atom. The Hall–Kier alpha value is -3.09. The molecule has 0 saturated carbocycles. The molecule has 1 atom stereocenters. The van der Waals surface area contributed by atoms with Gasteiger partial charge in [-0.25, -0.2) is 4.39 Å². The van der Waals surface area contributed by atoms with Crippen LogP contribution in [0.3, 0.4) is 0 Å². The van der Waals surface area contributed by atoms with Gasteiger partial charge in [-0.2, -0.15) is 0 Å². The Morgan fingerprint density at radius 1 is 1.07 bits per heavy atom. The monoisotopic (exact) mass is 393 g/mol. The fraction of sp³-hybridized carbons (Fsp3) is 0.217. The predicted octanol–water partition coefficient (Wildman–Crippen LogP) is 2.87. The van der Waals surface area contributed by atoms with Crippen LogP contribution in [0.15, 0.2) is 71.7 Å². The zero-order valence-corrected chi connectivity index (χ0v) is 15.7. The molecular formula is C23H20FNO4. The number of ketones is 1. The molecule has 2 aromatic carbocycles. The molecule has 1 fully saturated rings. The minimum absolute atomic E-state index is 0.171. The molecule has 1 saturated heterocycles. The van der Waals surface area contributed by atoms with Gasteiger partial charge in [-0.1, -0.05) is 36.4 Å². The molecule has 0 radical (unpaired) electrons. The molecule has 0 bridgehead atoms. The van der Waals surface area contributed by atoms with E-state index in [-0.39, 0.29) is 17.2 Å². The van der Waals surface area contributed by atoms with Gasteiger partial charge >= 0.3 is 0 Å². The van der Waals surface area contributed by atoms with E-state index in [0.29, 0.717) is 18.7 Å². The topological polar surface area (TPSA) is 68.5 Å². The van der Waals surface area contributed by atoms with Gasteiger partial charge in [0.15, 0.2) is 5.78 Å². The number of pyridine rings is 1. The van der Waals surface area contributed by atoms with Gasteiger partial charge in [-0.3, -0.25) is 9.59 Å². The molecule has 2 heterocycles. The van der Waals surface area contributed by atoms with Gasteiger partial charge in [0, 0.05) is 24.2 Å². The van der Waals surface area contributed by atoms with Crippen LogP contribution >= 0.6 is 0 Å². The van der Waals surface area contributed by atoms with E-state index in [4.69, 9.17) is 9.84 Å². The summed E-state index contributed by atoms with van der Waals surface area (Å²) in [7, 11) is 0. The first-order valence-electron chi connectivity index (χ1n) is 9.36. The van der Waals surface area contributed by atoms with Gasteiger partial charge in [0.1, 0.15) is 18.0 Å². The fourth-order valence-electron chi connectivity index (χ4n) is 3.62. The maximum absolute atomic E-state index is 13.3. The quantitative estimate of drug-likeness (QED) is 0.654. The van der Waals surface area contributed by atoms with Crippen LogP contribution in [0, 0.1) is 5.82 Å². The van der Waals surface area contributed by atoms with E-state index in [1.807, 2.05) is 6.07 Å². The predicted molar refractivity (Wildman–Crippen MR) is 105 cm³/mol. The summed E-state index contributed by atoms with van der Waals surface area (Å²) >= 11 is 0. The number of carbonyl (C=O) groups excluding carboxylic acids is 1. The highest BCUT2D eigenvalue weighted by Gasteiger charge is 2.42. The van der Waals surface area contributed by atoms with Crippen LogP contribution in [0.2, 0.25) is 0 Å². The van der Waals surface area contributed by atoms with E-state index in [2.05, 4.69) is 0 Å². The highest BCUT2D eigenvalue weighted by atomic mass is 19.1. The Balaban J connectivity index is 1.59. The van der Waals surface area contributed by atoms with Crippen molar-refractivity contribution in [1.29, 1.82) is 0 Å². The molecule has 4 rings (SSSR count). The number of aliphatic hydroxyl groups excluding tert-OH is 1. The summed E-state index contributed by atoms with van der Waals surface area (Å²) in [5.41, 5.74) is 1.99. The maximum Gasteiger partial charge on any atom is 0.251 e. The van der Waals surface area contributed by atoms with Crippen molar-refractivity contribution in [2.45, 2.75) is 18.6 Å². The Bertz CT molecular complexity index is 1080. The van der Waals surface area contributed by atoms with Crippen molar-refractivity contribution in [3.8, 4) is 0 Å². The lowest BCUT2D eigenvalue weighted by atomic mass is 9.80. The molecular weight excluding hydrogens is 373 g/mol. The van der Waals surface area contributed by atoms with Crippen LogP contribution in [0.1, 0.15) is 33.5 Å². The van der Waals surface area contributed by atoms with Crippen molar-refractivity contribution >= 4 is 5.78 Å². The number of hydrogen-bond donors (Lipinski definition) is 1. The minimum Gasteiger partial charge on any atom is -0.388 e. The third-order valence-electron chi connectivity index (χ3n) is 5.35. The molecule has 1 N–H and O–H groups in total. The number of carbonyl (C=O) groups is 1. The largest absolute Gasteiger partial charge is 0.388 e. The fourth-order valence-corrected chi connectivity index (χ4v) is 3.62. The van der Waals surface area contributed by atoms with Crippen molar-refractivity contribution in [2.24, 2.45) is 0 Å². The number of ether oxygens (including phenoxy) is 1. The Labute approximate surface area is 167 Å². The number of rotatable bonds is 6. The van der Waals surface area contributed by atoms with Crippen LogP contribution in [-0.2, 0) is 16.9 Å². The van der Waals surface area contributed by atoms with Gasteiger partial charge in [0.05, 0.1) is 13.2 Å². The number of benzene rings is 2. The van der Waals surface area contributed by atoms with Crippen molar-refractivity contribution in [3.05, 3.63) is 105 Å². The van der Waals surface area contributed by atoms with Crippen molar-refractivity contribution in [3.63, 3.8) is 0 Å². The SMILES string of the molecule is O=C(CO)c1ccc(Cn2ccc(C3(c4ccc(F)cc4)CCO3)cc2=O)cc1. The third-order valence-corrected chi connectivity index (χ3v) is 5.35. The van der Waals surface area contributed by atoms with Crippen LogP contribution in [0.25, 0.3) is 0 Å². The first kappa shape index (κ1) is 19.2. The van der Waals surface area contributed by atoms with Crippen LogP contribution < -0.4 is 5.56 Å². The van der Waals surface area contributed by atoms with E-state index in [0.717, 1.165) is 23.1 Å². The molecule has 0 spiro atoms. The van der Waals surface area contributed by atoms with Crippen molar-refractivity contribution in [2.75, 3.05) is 13.2 Å². The van der Waals surface area contributed by atoms with Crippen molar-refractivity contribution < 1.29 is 19.0 Å². The van der Waals surface area contributed by atoms with E-state index in [1.54, 1.807) is 53.2 Å². The number of aromatic nitrogens is 1. The van der Waals surface area contributed by atoms with E-state index in [9.17, 15) is 14.0 Å². The van der Waals surface area contributed by atoms with E-state index in [1.165, 1.54) is 12.1 Å². The minimum atomic E-state index is -0.710. The molecule has 148 valence electrons. The molecule has 1 unspecified atom stereocenters. The molecule has 1 aliphatic heterocycles. The third kappa shape index (κ3) is 3.64. The van der Waals surface area contributed by atoms with Gasteiger partial charge in [0.2, 0.25) is 0 Å². The zero-order valence-electron chi connectivity index (χ0n) is 15.7. The number of halogens is 1. The summed E-state index contributed by atoms with van der Waals surface area (Å²) in [6.45, 7) is 0.411. The second-order valence-electron chi connectivity index (χ2n) is 7.09. The van der Waals surface area contributed by atoms with Gasteiger partial charge < -0.3 is 14.4 Å². The molecule has 1 aliphatic rings. The van der Waals surface area contributed by atoms with Crippen LogP contribution in [0.5, 0.6) is 0 Å². The summed E-state index contributed by atoms with van der Waals surface area (Å²) in [5, 5.41) is 8.92. The highest BCUT2D eigenvalue weighted by Crippen LogP contribution is 2.43. The number of nitrogens with zero attached hydrogens (tertiary/aromatic N) is 1. The number of aliphatic hydroxyl groups is 1. The maximum atomic E-state index is 13.3. The highest BCUT2D eigenvalue weighted by molar-refractivity contribution is 5.96.